The summed E-state index contributed by atoms with van der Waals surface area (Å²) in [5, 5.41) is 9.48. The van der Waals surface area contributed by atoms with Crippen molar-refractivity contribution in [3.8, 4) is 45.2 Å². The molecule has 0 saturated carbocycles. The van der Waals surface area contributed by atoms with Crippen LogP contribution in [-0.2, 0) is 26.2 Å². The first kappa shape index (κ1) is 41.8. The van der Waals surface area contributed by atoms with Crippen LogP contribution in [0.2, 0.25) is 0 Å². The second kappa shape index (κ2) is 17.8. The lowest BCUT2D eigenvalue weighted by Crippen LogP contribution is -2.17. The number of carbonyl (C=O) groups excluding carboxylic acids is 1. The molecule has 15 nitrogen and oxygen atoms in total. The van der Waals surface area contributed by atoms with Crippen LogP contribution >= 0.6 is 0 Å². The molecule has 59 heavy (non-hydrogen) atoms. The maximum Gasteiger partial charge on any atom is 0.278 e. The van der Waals surface area contributed by atoms with Crippen molar-refractivity contribution < 1.29 is 26.2 Å². The van der Waals surface area contributed by atoms with Crippen molar-refractivity contribution in [1.82, 2.24) is 30.4 Å². The van der Waals surface area contributed by atoms with Gasteiger partial charge in [-0.15, -0.1) is 0 Å². The van der Waals surface area contributed by atoms with Crippen molar-refractivity contribution in [2.24, 2.45) is 0 Å². The van der Waals surface area contributed by atoms with Crippen molar-refractivity contribution in [2.45, 2.75) is 35.4 Å². The Morgan fingerprint density at radius 1 is 0.712 bits per heavy atom. The minimum atomic E-state index is -3.35. The summed E-state index contributed by atoms with van der Waals surface area (Å²) in [5.74, 6) is 0.144. The molecule has 0 bridgehead atoms. The van der Waals surface area contributed by atoms with E-state index in [1.54, 1.807) is 86.8 Å². The molecule has 0 fully saturated rings. The first-order valence-electron chi connectivity index (χ1n) is 18.1. The van der Waals surface area contributed by atoms with Crippen LogP contribution in [0.25, 0.3) is 45.2 Å². The second-order valence-electron chi connectivity index (χ2n) is 13.5. The monoisotopic (exact) mass is 831 g/mol. The summed E-state index contributed by atoms with van der Waals surface area (Å²) in [7, 11) is -4.73. The zero-order chi connectivity index (χ0) is 42.3. The van der Waals surface area contributed by atoms with Crippen LogP contribution in [0.5, 0.6) is 0 Å². The number of carbonyl (C=O) groups is 1. The summed E-state index contributed by atoms with van der Waals surface area (Å²) in [6, 6.07) is 31.4. The van der Waals surface area contributed by atoms with Crippen molar-refractivity contribution in [2.75, 3.05) is 30.1 Å². The Hall–Kier alpha value is -6.82. The smallest absolute Gasteiger partial charge is 0.278 e. The largest absolute Gasteiger partial charge is 0.382 e. The van der Waals surface area contributed by atoms with Gasteiger partial charge >= 0.3 is 0 Å². The number of aromatic nitrogens is 5. The molecule has 0 aliphatic carbocycles. The zero-order valence-corrected chi connectivity index (χ0v) is 34.1. The Morgan fingerprint density at radius 2 is 1.25 bits per heavy atom. The number of amides is 1. The van der Waals surface area contributed by atoms with Crippen molar-refractivity contribution in [1.29, 1.82) is 0 Å². The summed E-state index contributed by atoms with van der Waals surface area (Å²) in [5.41, 5.74) is 17.9. The molecule has 0 unspecified atom stereocenters. The second-order valence-corrected chi connectivity index (χ2v) is 18.0. The third-order valence-electron chi connectivity index (χ3n) is 8.90. The van der Waals surface area contributed by atoms with Crippen molar-refractivity contribution >= 4 is 42.9 Å². The van der Waals surface area contributed by atoms with E-state index >= 15 is 0 Å². The Kier molecular flexibility index (Phi) is 12.6. The highest BCUT2D eigenvalue weighted by Gasteiger charge is 2.20. The van der Waals surface area contributed by atoms with Crippen LogP contribution in [0, 0.1) is 0 Å². The van der Waals surface area contributed by atoms with Gasteiger partial charge in [-0.3, -0.25) is 4.79 Å². The molecule has 7 aromatic rings. The Morgan fingerprint density at radius 3 is 1.83 bits per heavy atom. The van der Waals surface area contributed by atoms with E-state index in [2.05, 4.69) is 35.7 Å². The van der Waals surface area contributed by atoms with Gasteiger partial charge in [0.1, 0.15) is 5.69 Å². The summed E-state index contributed by atoms with van der Waals surface area (Å²) in [4.78, 5) is 30.1. The topological polar surface area (TPSA) is 239 Å². The average molecular weight is 832 g/mol. The highest BCUT2D eigenvalue weighted by molar-refractivity contribution is 7.92. The minimum Gasteiger partial charge on any atom is -0.382 e. The number of sulfone groups is 2. The summed E-state index contributed by atoms with van der Waals surface area (Å²) < 4.78 is 53.3. The molecule has 17 heteroatoms. The van der Waals surface area contributed by atoms with Crippen molar-refractivity contribution in [3.63, 3.8) is 0 Å². The van der Waals surface area contributed by atoms with Crippen LogP contribution in [0.15, 0.2) is 136 Å². The van der Waals surface area contributed by atoms with E-state index in [9.17, 15) is 21.6 Å². The quantitative estimate of drug-likeness (QED) is 0.111. The van der Waals surface area contributed by atoms with E-state index in [0.717, 1.165) is 18.4 Å². The lowest BCUT2D eigenvalue weighted by molar-refractivity contribution is 0.102. The summed E-state index contributed by atoms with van der Waals surface area (Å²) in [6.45, 7) is 4.10. The number of rotatable bonds is 11. The van der Waals surface area contributed by atoms with Gasteiger partial charge in [-0.05, 0) is 62.9 Å². The van der Waals surface area contributed by atoms with Gasteiger partial charge in [0.25, 0.3) is 5.91 Å². The number of nitrogens with zero attached hydrogens (tertiary/aromatic N) is 5. The summed E-state index contributed by atoms with van der Waals surface area (Å²) >= 11 is 0. The van der Waals surface area contributed by atoms with E-state index < -0.39 is 30.8 Å². The lowest BCUT2D eigenvalue weighted by atomic mass is 10.1. The van der Waals surface area contributed by atoms with Crippen LogP contribution in [0.3, 0.4) is 0 Å². The molecule has 1 amide bonds. The number of hydrogen-bond donors (Lipinski definition) is 4. The van der Waals surface area contributed by atoms with Gasteiger partial charge in [0.15, 0.2) is 48.5 Å². The minimum absolute atomic E-state index is 0.00135. The molecule has 0 atom stereocenters. The van der Waals surface area contributed by atoms with E-state index in [1.807, 2.05) is 37.4 Å². The van der Waals surface area contributed by atoms with Gasteiger partial charge in [0, 0.05) is 41.2 Å². The van der Waals surface area contributed by atoms with E-state index in [4.69, 9.17) is 16.0 Å². The maximum atomic E-state index is 12.4. The fourth-order valence-electron chi connectivity index (χ4n) is 5.62. The Bertz CT molecular complexity index is 2800. The Balaban J connectivity index is 0.000000204. The van der Waals surface area contributed by atoms with Crippen LogP contribution in [0.1, 0.15) is 29.9 Å². The third kappa shape index (κ3) is 10.0. The predicted octanol–water partition coefficient (Wildman–Crippen LogP) is 6.33. The molecule has 3 aromatic heterocycles. The molecular weight excluding hydrogens is 791 g/mol. The number of anilines is 3. The molecule has 302 valence electrons. The van der Waals surface area contributed by atoms with Gasteiger partial charge in [-0.1, -0.05) is 71.9 Å². The standard InChI is InChI=1S/C24H25N5O3S.C18H16N4O3S/c1-15(2)33(30,31)19-10-8-18(9-11-19)21-14-27-24(25)23(28-21)22-12-20(29-32-22)17-6-4-16(5-7-17)13-26-3;1-26(24,25)14-9-7-12(8-10-14)15-11-20-17(19)16(22-15)18(23)21-13-5-3-2-4-6-13/h4-12,14-15,26H,13H2,1-3H3,(H2,25,27);2-11H,1H3,(H2,19,20)(H,21,23). The molecule has 0 aliphatic heterocycles. The highest BCUT2D eigenvalue weighted by atomic mass is 32.2. The fraction of sp³-hybridized carbons (Fsp3) is 0.143. The first-order valence-corrected chi connectivity index (χ1v) is 21.5. The van der Waals surface area contributed by atoms with E-state index in [1.165, 1.54) is 23.9 Å². The lowest BCUT2D eigenvalue weighted by Gasteiger charge is -2.09. The van der Waals surface area contributed by atoms with Gasteiger partial charge < -0.3 is 26.6 Å². The number of nitrogens with two attached hydrogens (primary N) is 2. The molecule has 0 spiro atoms. The predicted molar refractivity (Wildman–Crippen MR) is 227 cm³/mol. The van der Waals surface area contributed by atoms with Gasteiger partial charge in [-0.2, -0.15) is 0 Å². The molecule has 0 radical (unpaired) electrons. The normalized spacial score (nSPS) is 11.5. The SMILES string of the molecule is CNCc1ccc(-c2cc(-c3nc(-c4ccc(S(=O)(=O)C(C)C)cc4)cnc3N)on2)cc1.CS(=O)(=O)c1ccc(-c2cnc(N)c(C(=O)Nc3ccccc3)n2)cc1. The van der Waals surface area contributed by atoms with Gasteiger partial charge in [0.05, 0.1) is 38.8 Å². The van der Waals surface area contributed by atoms with E-state index in [0.29, 0.717) is 45.4 Å². The van der Waals surface area contributed by atoms with Gasteiger partial charge in [-0.25, -0.2) is 36.8 Å². The van der Waals surface area contributed by atoms with Crippen LogP contribution in [-0.4, -0.2) is 66.4 Å². The van der Waals surface area contributed by atoms with Crippen molar-refractivity contribution in [3.05, 3.63) is 133 Å². The molecule has 6 N–H and O–H groups in total. The molecular formula is C42H41N9O6S2. The van der Waals surface area contributed by atoms with Crippen LogP contribution in [0.4, 0.5) is 17.3 Å². The average Bonchev–Trinajstić information content (AvgIpc) is 3.72. The fourth-order valence-corrected chi connectivity index (χ4v) is 7.31. The molecule has 4 aromatic carbocycles. The number of hydrogen-bond acceptors (Lipinski definition) is 14. The zero-order valence-electron chi connectivity index (χ0n) is 32.5. The number of benzene rings is 4. The summed E-state index contributed by atoms with van der Waals surface area (Å²) in [6.07, 6.45) is 4.11. The number of para-hydroxylation sites is 1. The third-order valence-corrected chi connectivity index (χ3v) is 12.2. The molecule has 0 saturated heterocycles. The van der Waals surface area contributed by atoms with Crippen LogP contribution < -0.4 is 22.1 Å². The van der Waals surface area contributed by atoms with Gasteiger partial charge in [0.2, 0.25) is 0 Å². The molecule has 0 aliphatic rings. The van der Waals surface area contributed by atoms with E-state index in [-0.39, 0.29) is 27.1 Å². The highest BCUT2D eigenvalue weighted by Crippen LogP contribution is 2.30. The number of nitrogen functional groups attached to an aromatic ring is 2. The first-order chi connectivity index (χ1) is 28.1. The maximum absolute atomic E-state index is 12.4. The number of nitrogens with one attached hydrogen (secondary N) is 2. The molecule has 3 heterocycles. The molecule has 7 rings (SSSR count). The Labute approximate surface area is 341 Å².